The average molecular weight is 476 g/mol. The van der Waals surface area contributed by atoms with Gasteiger partial charge in [-0.15, -0.1) is 34.8 Å². The molecule has 0 atom stereocenters. The summed E-state index contributed by atoms with van der Waals surface area (Å²) in [7, 11) is -9.76. The Morgan fingerprint density at radius 2 is 0.960 bits per heavy atom. The lowest BCUT2D eigenvalue weighted by Crippen LogP contribution is -2.69. The van der Waals surface area contributed by atoms with E-state index >= 15 is 0 Å². The molecule has 0 aliphatic carbocycles. The van der Waals surface area contributed by atoms with Crippen molar-refractivity contribution in [2.45, 2.75) is 39.3 Å². The topological polar surface area (TPSA) is 27.7 Å². The first kappa shape index (κ1) is 23.9. The zero-order valence-electron chi connectivity index (χ0n) is 15.9. The van der Waals surface area contributed by atoms with E-state index in [0.29, 0.717) is 16.5 Å². The molecule has 0 saturated carbocycles. The second-order valence-electron chi connectivity index (χ2n) is 7.91. The molecule has 0 heterocycles. The molecular formula is C15H29Cl3O3Si4. The monoisotopic (exact) mass is 474 g/mol. The van der Waals surface area contributed by atoms with Gasteiger partial charge in [0.1, 0.15) is 0 Å². The molecular weight excluding hydrogens is 447 g/mol. The number of halogens is 3. The van der Waals surface area contributed by atoms with Gasteiger partial charge in [0, 0.05) is 21.7 Å². The first-order chi connectivity index (χ1) is 11.4. The van der Waals surface area contributed by atoms with Crippen LogP contribution in [-0.4, -0.2) is 50.3 Å². The summed E-state index contributed by atoms with van der Waals surface area (Å²) in [5.41, 5.74) is 1.40. The Hall–Kier alpha value is 0.838. The summed E-state index contributed by atoms with van der Waals surface area (Å²) in [5, 5.41) is 0.956. The third-order valence-corrected chi connectivity index (χ3v) is 21.9. The highest BCUT2D eigenvalue weighted by atomic mass is 35.5. The third-order valence-electron chi connectivity index (χ3n) is 3.32. The molecule has 0 bridgehead atoms. The molecule has 0 fully saturated rings. The standard InChI is InChI=1S/C15H29Cl3O3Si4/c1-22(2,12-16)19-25(20-23(3,4)13-17,21-24(5,6)14-18)15-10-8-7-9-11-15/h7-11H,12-14H2,1-6H3. The molecule has 144 valence electrons. The predicted molar refractivity (Wildman–Crippen MR) is 120 cm³/mol. The predicted octanol–water partition coefficient (Wildman–Crippen LogP) is 4.83. The van der Waals surface area contributed by atoms with Gasteiger partial charge in [-0.05, 0) is 39.3 Å². The first-order valence-corrected chi connectivity index (χ1v) is 20.9. The van der Waals surface area contributed by atoms with Crippen molar-refractivity contribution in [1.29, 1.82) is 0 Å². The van der Waals surface area contributed by atoms with Crippen LogP contribution in [0, 0.1) is 0 Å². The quantitative estimate of drug-likeness (QED) is 0.358. The highest BCUT2D eigenvalue weighted by molar-refractivity contribution is 6.98. The Morgan fingerprint density at radius 1 is 0.640 bits per heavy atom. The van der Waals surface area contributed by atoms with Gasteiger partial charge in [0.2, 0.25) is 0 Å². The SMILES string of the molecule is C[Si](C)(CCl)O[Si](O[Si](C)(C)CCl)(O[Si](C)(C)CCl)c1ccccc1. The Balaban J connectivity index is 3.51. The molecule has 0 radical (unpaired) electrons. The molecule has 0 N–H and O–H groups in total. The molecule has 1 rings (SSSR count). The summed E-state index contributed by atoms with van der Waals surface area (Å²) >= 11 is 18.6. The molecule has 0 aliphatic rings. The molecule has 0 aromatic heterocycles. The maximum Gasteiger partial charge on any atom is 0.505 e. The van der Waals surface area contributed by atoms with Crippen LogP contribution in [0.15, 0.2) is 30.3 Å². The van der Waals surface area contributed by atoms with Gasteiger partial charge in [-0.2, -0.15) is 0 Å². The number of benzene rings is 1. The van der Waals surface area contributed by atoms with E-state index in [9.17, 15) is 0 Å². The van der Waals surface area contributed by atoms with Gasteiger partial charge in [-0.1, -0.05) is 30.3 Å². The zero-order chi connectivity index (χ0) is 19.4. The zero-order valence-corrected chi connectivity index (χ0v) is 22.1. The van der Waals surface area contributed by atoms with Gasteiger partial charge in [-0.3, -0.25) is 0 Å². The summed E-state index contributed by atoms with van der Waals surface area (Å²) in [5.74, 6) is 0. The van der Waals surface area contributed by atoms with Crippen molar-refractivity contribution < 1.29 is 12.3 Å². The lowest BCUT2D eigenvalue weighted by molar-refractivity contribution is 0.272. The van der Waals surface area contributed by atoms with Gasteiger partial charge in [0.25, 0.3) is 0 Å². The molecule has 0 unspecified atom stereocenters. The van der Waals surface area contributed by atoms with Crippen LogP contribution in [0.25, 0.3) is 0 Å². The summed E-state index contributed by atoms with van der Waals surface area (Å²) in [6.45, 7) is 12.5. The second kappa shape index (κ2) is 9.36. The fourth-order valence-electron chi connectivity index (χ4n) is 2.05. The summed E-state index contributed by atoms with van der Waals surface area (Å²) in [6, 6.07) is 9.96. The molecule has 10 heteroatoms. The van der Waals surface area contributed by atoms with E-state index in [1.165, 1.54) is 0 Å². The van der Waals surface area contributed by atoms with Crippen molar-refractivity contribution in [2.75, 3.05) is 16.5 Å². The Morgan fingerprint density at radius 3 is 1.24 bits per heavy atom. The lowest BCUT2D eigenvalue weighted by Gasteiger charge is -2.43. The van der Waals surface area contributed by atoms with E-state index in [2.05, 4.69) is 39.3 Å². The molecule has 3 nitrogen and oxygen atoms in total. The van der Waals surface area contributed by atoms with Gasteiger partial charge in [0.15, 0.2) is 25.0 Å². The average Bonchev–Trinajstić information content (AvgIpc) is 2.54. The van der Waals surface area contributed by atoms with Crippen LogP contribution in [0.3, 0.4) is 0 Å². The molecule has 1 aromatic rings. The minimum atomic E-state index is -3.21. The Kier molecular flexibility index (Phi) is 8.94. The third kappa shape index (κ3) is 7.40. The number of hydrogen-bond donors (Lipinski definition) is 0. The van der Waals surface area contributed by atoms with Crippen LogP contribution in [-0.2, 0) is 12.3 Å². The van der Waals surface area contributed by atoms with E-state index in [1.54, 1.807) is 0 Å². The van der Waals surface area contributed by atoms with Gasteiger partial charge >= 0.3 is 8.80 Å². The lowest BCUT2D eigenvalue weighted by atomic mass is 10.4. The molecule has 0 aliphatic heterocycles. The molecule has 25 heavy (non-hydrogen) atoms. The largest absolute Gasteiger partial charge is 0.505 e. The maximum absolute atomic E-state index is 6.69. The van der Waals surface area contributed by atoms with Gasteiger partial charge in [-0.25, -0.2) is 0 Å². The van der Waals surface area contributed by atoms with Crippen molar-refractivity contribution in [3.8, 4) is 0 Å². The number of alkyl halides is 3. The van der Waals surface area contributed by atoms with Crippen LogP contribution < -0.4 is 5.19 Å². The van der Waals surface area contributed by atoms with Crippen LogP contribution in [0.2, 0.25) is 39.3 Å². The minimum absolute atomic E-state index is 0.465. The molecule has 0 amide bonds. The van der Waals surface area contributed by atoms with Crippen LogP contribution >= 0.6 is 34.8 Å². The number of hydrogen-bond acceptors (Lipinski definition) is 3. The highest BCUT2D eigenvalue weighted by Gasteiger charge is 2.54. The molecule has 0 spiro atoms. The van der Waals surface area contributed by atoms with Crippen molar-refractivity contribution in [1.82, 2.24) is 0 Å². The smallest absolute Gasteiger partial charge is 0.412 e. The van der Waals surface area contributed by atoms with Crippen molar-refractivity contribution in [3.63, 3.8) is 0 Å². The second-order valence-corrected chi connectivity index (χ2v) is 25.8. The fourth-order valence-corrected chi connectivity index (χ4v) is 16.6. The van der Waals surface area contributed by atoms with E-state index in [4.69, 9.17) is 47.1 Å². The highest BCUT2D eigenvalue weighted by Crippen LogP contribution is 2.27. The number of rotatable bonds is 10. The Bertz CT molecular complexity index is 499. The van der Waals surface area contributed by atoms with Crippen molar-refractivity contribution >= 4 is 73.7 Å². The minimum Gasteiger partial charge on any atom is -0.412 e. The van der Waals surface area contributed by atoms with E-state index in [0.717, 1.165) is 5.19 Å². The van der Waals surface area contributed by atoms with E-state index < -0.39 is 33.8 Å². The summed E-state index contributed by atoms with van der Waals surface area (Å²) in [4.78, 5) is 0. The van der Waals surface area contributed by atoms with Crippen molar-refractivity contribution in [2.24, 2.45) is 0 Å². The van der Waals surface area contributed by atoms with Gasteiger partial charge in [0.05, 0.1) is 0 Å². The van der Waals surface area contributed by atoms with E-state index in [-0.39, 0.29) is 0 Å². The normalized spacial score (nSPS) is 14.0. The Labute approximate surface area is 171 Å². The van der Waals surface area contributed by atoms with Crippen molar-refractivity contribution in [3.05, 3.63) is 30.3 Å². The van der Waals surface area contributed by atoms with Gasteiger partial charge < -0.3 is 12.3 Å². The van der Waals surface area contributed by atoms with Crippen LogP contribution in [0.4, 0.5) is 0 Å². The molecule has 0 saturated heterocycles. The summed E-state index contributed by atoms with van der Waals surface area (Å²) < 4.78 is 20.1. The fraction of sp³-hybridized carbons (Fsp3) is 0.600. The van der Waals surface area contributed by atoms with E-state index in [1.807, 2.05) is 30.3 Å². The van der Waals surface area contributed by atoms with Crippen LogP contribution in [0.5, 0.6) is 0 Å². The summed E-state index contributed by atoms with van der Waals surface area (Å²) in [6.07, 6.45) is 0. The maximum atomic E-state index is 6.69. The van der Waals surface area contributed by atoms with Crippen LogP contribution in [0.1, 0.15) is 0 Å². The molecule has 1 aromatic carbocycles. The first-order valence-electron chi connectivity index (χ1n) is 8.25.